The highest BCUT2D eigenvalue weighted by atomic mass is 16.5. The van der Waals surface area contributed by atoms with E-state index in [1.807, 2.05) is 55.1 Å². The Kier molecular flexibility index (Phi) is 6.77. The maximum Gasteiger partial charge on any atom is 0.257 e. The molecule has 0 N–H and O–H groups in total. The van der Waals surface area contributed by atoms with Crippen LogP contribution < -0.4 is 14.4 Å². The smallest absolute Gasteiger partial charge is 0.257 e. The summed E-state index contributed by atoms with van der Waals surface area (Å²) >= 11 is 0. The van der Waals surface area contributed by atoms with E-state index in [4.69, 9.17) is 14.5 Å². The molecule has 0 aliphatic carbocycles. The van der Waals surface area contributed by atoms with Crippen molar-refractivity contribution in [3.05, 3.63) is 76.7 Å². The van der Waals surface area contributed by atoms with Crippen molar-refractivity contribution in [1.29, 1.82) is 0 Å². The fourth-order valence-electron chi connectivity index (χ4n) is 4.25. The number of amides is 1. The van der Waals surface area contributed by atoms with Gasteiger partial charge in [-0.3, -0.25) is 4.79 Å². The van der Waals surface area contributed by atoms with Gasteiger partial charge in [-0.25, -0.2) is 9.97 Å². The Bertz CT molecular complexity index is 1120. The highest BCUT2D eigenvalue weighted by Crippen LogP contribution is 2.27. The Balaban J connectivity index is 1.52. The van der Waals surface area contributed by atoms with Crippen LogP contribution in [0.2, 0.25) is 0 Å². The van der Waals surface area contributed by atoms with Gasteiger partial charge in [-0.2, -0.15) is 0 Å². The molecule has 172 valence electrons. The van der Waals surface area contributed by atoms with Crippen LogP contribution in [0.1, 0.15) is 33.0 Å². The first-order valence-corrected chi connectivity index (χ1v) is 11.1. The van der Waals surface area contributed by atoms with Gasteiger partial charge in [0.15, 0.2) is 0 Å². The highest BCUT2D eigenvalue weighted by Gasteiger charge is 2.26. The van der Waals surface area contributed by atoms with Crippen LogP contribution in [0.15, 0.2) is 48.5 Å². The van der Waals surface area contributed by atoms with Gasteiger partial charge in [0.1, 0.15) is 23.1 Å². The molecule has 1 saturated heterocycles. The van der Waals surface area contributed by atoms with Gasteiger partial charge in [0.05, 0.1) is 19.8 Å². The molecule has 3 aromatic rings. The monoisotopic (exact) mass is 446 g/mol. The minimum absolute atomic E-state index is 0.000560. The van der Waals surface area contributed by atoms with E-state index in [1.54, 1.807) is 14.2 Å². The summed E-state index contributed by atoms with van der Waals surface area (Å²) < 4.78 is 10.7. The van der Waals surface area contributed by atoms with Gasteiger partial charge in [0.25, 0.3) is 5.91 Å². The molecular weight excluding hydrogens is 416 g/mol. The predicted molar refractivity (Wildman–Crippen MR) is 128 cm³/mol. The quantitative estimate of drug-likeness (QED) is 0.576. The Hall–Kier alpha value is -3.61. The van der Waals surface area contributed by atoms with E-state index in [1.165, 1.54) is 5.56 Å². The molecule has 2 heterocycles. The number of rotatable bonds is 6. The number of aromatic nitrogens is 2. The average molecular weight is 447 g/mol. The Morgan fingerprint density at radius 2 is 1.61 bits per heavy atom. The normalized spacial score (nSPS) is 13.7. The van der Waals surface area contributed by atoms with E-state index in [-0.39, 0.29) is 5.91 Å². The largest absolute Gasteiger partial charge is 0.497 e. The number of hydrogen-bond acceptors (Lipinski definition) is 6. The molecule has 33 heavy (non-hydrogen) atoms. The Morgan fingerprint density at radius 3 is 2.27 bits per heavy atom. The molecule has 0 radical (unpaired) electrons. The molecule has 1 aromatic heterocycles. The number of aryl methyl sites for hydroxylation is 2. The summed E-state index contributed by atoms with van der Waals surface area (Å²) in [6.07, 6.45) is 0.742. The number of hydrogen-bond donors (Lipinski definition) is 0. The standard InChI is InChI=1S/C26H30N4O3/c1-18-23(17-20-9-11-21(32-3)12-10-20)25(28-19(2)27-18)29-13-15-30(16-14-29)26(31)22-7-5-6-8-24(22)33-4/h5-12H,13-17H2,1-4H3. The number of anilines is 1. The molecule has 7 heteroatoms. The first-order chi connectivity index (χ1) is 16.0. The first-order valence-electron chi connectivity index (χ1n) is 11.1. The Labute approximate surface area is 195 Å². The summed E-state index contributed by atoms with van der Waals surface area (Å²) in [5.41, 5.74) is 3.89. The predicted octanol–water partition coefficient (Wildman–Crippen LogP) is 3.66. The van der Waals surface area contributed by atoms with Gasteiger partial charge in [0.2, 0.25) is 0 Å². The minimum atomic E-state index is 0.000560. The van der Waals surface area contributed by atoms with Gasteiger partial charge < -0.3 is 19.3 Å². The van der Waals surface area contributed by atoms with Gasteiger partial charge in [-0.05, 0) is 43.7 Å². The number of nitrogens with zero attached hydrogens (tertiary/aromatic N) is 4. The van der Waals surface area contributed by atoms with Crippen molar-refractivity contribution in [3.8, 4) is 11.5 Å². The van der Waals surface area contributed by atoms with Gasteiger partial charge in [-0.15, -0.1) is 0 Å². The molecule has 1 aliphatic heterocycles. The number of benzene rings is 2. The summed E-state index contributed by atoms with van der Waals surface area (Å²) in [7, 11) is 3.26. The van der Waals surface area contributed by atoms with E-state index in [2.05, 4.69) is 22.0 Å². The molecule has 1 aliphatic rings. The fraction of sp³-hybridized carbons (Fsp3) is 0.346. The molecule has 2 aromatic carbocycles. The lowest BCUT2D eigenvalue weighted by Gasteiger charge is -2.36. The Morgan fingerprint density at radius 1 is 0.909 bits per heavy atom. The zero-order valence-corrected chi connectivity index (χ0v) is 19.7. The maximum atomic E-state index is 13.1. The number of carbonyl (C=O) groups is 1. The summed E-state index contributed by atoms with van der Waals surface area (Å²) in [5.74, 6) is 3.16. The van der Waals surface area contributed by atoms with Crippen molar-refractivity contribution in [1.82, 2.24) is 14.9 Å². The van der Waals surface area contributed by atoms with Gasteiger partial charge in [-0.1, -0.05) is 24.3 Å². The van der Waals surface area contributed by atoms with Crippen molar-refractivity contribution < 1.29 is 14.3 Å². The van der Waals surface area contributed by atoms with Crippen LogP contribution in [0, 0.1) is 13.8 Å². The first kappa shape index (κ1) is 22.6. The van der Waals surface area contributed by atoms with E-state index in [9.17, 15) is 4.79 Å². The third-order valence-corrected chi connectivity index (χ3v) is 6.05. The highest BCUT2D eigenvalue weighted by molar-refractivity contribution is 5.97. The van der Waals surface area contributed by atoms with Crippen LogP contribution in [0.4, 0.5) is 5.82 Å². The summed E-state index contributed by atoms with van der Waals surface area (Å²) in [4.78, 5) is 26.7. The van der Waals surface area contributed by atoms with Crippen molar-refractivity contribution in [3.63, 3.8) is 0 Å². The number of ether oxygens (including phenoxy) is 2. The SMILES string of the molecule is COc1ccc(Cc2c(C)nc(C)nc2N2CCN(C(=O)c3ccccc3OC)CC2)cc1. The molecule has 0 bridgehead atoms. The fourth-order valence-corrected chi connectivity index (χ4v) is 4.25. The van der Waals surface area contributed by atoms with Crippen molar-refractivity contribution in [2.24, 2.45) is 0 Å². The number of para-hydroxylation sites is 1. The zero-order chi connectivity index (χ0) is 23.4. The minimum Gasteiger partial charge on any atom is -0.497 e. The molecule has 0 unspecified atom stereocenters. The van der Waals surface area contributed by atoms with E-state index in [0.29, 0.717) is 37.5 Å². The summed E-state index contributed by atoms with van der Waals surface area (Å²) in [6, 6.07) is 15.5. The maximum absolute atomic E-state index is 13.1. The zero-order valence-electron chi connectivity index (χ0n) is 19.7. The van der Waals surface area contributed by atoms with Crippen LogP contribution >= 0.6 is 0 Å². The molecule has 0 spiro atoms. The molecular formula is C26H30N4O3. The van der Waals surface area contributed by atoms with Crippen LogP contribution in [0.25, 0.3) is 0 Å². The molecule has 0 atom stereocenters. The second-order valence-corrected chi connectivity index (χ2v) is 8.16. The van der Waals surface area contributed by atoms with Crippen LogP contribution in [-0.2, 0) is 6.42 Å². The van der Waals surface area contributed by atoms with Crippen molar-refractivity contribution in [2.45, 2.75) is 20.3 Å². The van der Waals surface area contributed by atoms with Crippen LogP contribution in [0.3, 0.4) is 0 Å². The summed E-state index contributed by atoms with van der Waals surface area (Å²) in [6.45, 7) is 6.65. The van der Waals surface area contributed by atoms with E-state index >= 15 is 0 Å². The lowest BCUT2D eigenvalue weighted by Crippen LogP contribution is -2.49. The van der Waals surface area contributed by atoms with Crippen molar-refractivity contribution >= 4 is 11.7 Å². The topological polar surface area (TPSA) is 67.8 Å². The second-order valence-electron chi connectivity index (χ2n) is 8.16. The lowest BCUT2D eigenvalue weighted by molar-refractivity contribution is 0.0743. The number of methoxy groups -OCH3 is 2. The average Bonchev–Trinajstić information content (AvgIpc) is 2.85. The lowest BCUT2D eigenvalue weighted by atomic mass is 10.0. The third-order valence-electron chi connectivity index (χ3n) is 6.05. The second kappa shape index (κ2) is 9.90. The van der Waals surface area contributed by atoms with Gasteiger partial charge in [0, 0.05) is 43.9 Å². The molecule has 0 saturated carbocycles. The van der Waals surface area contributed by atoms with Crippen LogP contribution in [0.5, 0.6) is 11.5 Å². The van der Waals surface area contributed by atoms with Crippen molar-refractivity contribution in [2.75, 3.05) is 45.3 Å². The molecule has 7 nitrogen and oxygen atoms in total. The van der Waals surface area contributed by atoms with E-state index in [0.717, 1.165) is 35.1 Å². The number of piperazine rings is 1. The third kappa shape index (κ3) is 4.92. The molecule has 1 fully saturated rings. The summed E-state index contributed by atoms with van der Waals surface area (Å²) in [5, 5.41) is 0. The van der Waals surface area contributed by atoms with E-state index < -0.39 is 0 Å². The molecule has 4 rings (SSSR count). The number of carbonyl (C=O) groups excluding carboxylic acids is 1. The molecule has 1 amide bonds. The van der Waals surface area contributed by atoms with Gasteiger partial charge >= 0.3 is 0 Å². The van der Waals surface area contributed by atoms with Crippen LogP contribution in [-0.4, -0.2) is 61.2 Å².